The molecule has 1 nitrogen and oxygen atoms in total. The summed E-state index contributed by atoms with van der Waals surface area (Å²) in [5.74, 6) is -1.57. The zero-order valence-corrected chi connectivity index (χ0v) is 8.19. The molecule has 0 heterocycles. The zero-order chi connectivity index (χ0) is 10.7. The van der Waals surface area contributed by atoms with Crippen LogP contribution in [-0.2, 0) is 0 Å². The van der Waals surface area contributed by atoms with Crippen molar-refractivity contribution in [3.05, 3.63) is 47.0 Å². The third-order valence-corrected chi connectivity index (χ3v) is 2.23. The summed E-state index contributed by atoms with van der Waals surface area (Å²) in [5.41, 5.74) is 5.84. The molecule has 0 spiro atoms. The third kappa shape index (κ3) is 2.11. The largest absolute Gasteiger partial charge is 0.324 e. The molecule has 0 aliphatic heterocycles. The fourth-order valence-electron chi connectivity index (χ4n) is 1.13. The summed E-state index contributed by atoms with van der Waals surface area (Å²) in [6, 6.07) is 1.86. The van der Waals surface area contributed by atoms with Gasteiger partial charge in [0.15, 0.2) is 0 Å². The van der Waals surface area contributed by atoms with E-state index in [9.17, 15) is 8.78 Å². The maximum absolute atomic E-state index is 13.4. The summed E-state index contributed by atoms with van der Waals surface area (Å²) in [7, 11) is 0. The third-order valence-electron chi connectivity index (χ3n) is 1.89. The summed E-state index contributed by atoms with van der Waals surface area (Å²) < 4.78 is 26.1. The van der Waals surface area contributed by atoms with Crippen molar-refractivity contribution >= 4 is 11.6 Å². The topological polar surface area (TPSA) is 26.0 Å². The average Bonchev–Trinajstić information content (AvgIpc) is 2.15. The van der Waals surface area contributed by atoms with E-state index in [1.54, 1.807) is 6.08 Å². The minimum atomic E-state index is -0.791. The first-order valence-corrected chi connectivity index (χ1v) is 4.45. The number of halogens is 3. The van der Waals surface area contributed by atoms with E-state index < -0.39 is 22.7 Å². The average molecular weight is 218 g/mol. The monoisotopic (exact) mass is 217 g/mol. The van der Waals surface area contributed by atoms with Gasteiger partial charge in [0.25, 0.3) is 0 Å². The molecular formula is C10H10ClF2N. The Kier molecular flexibility index (Phi) is 3.61. The second-order valence-corrected chi connectivity index (χ2v) is 3.27. The van der Waals surface area contributed by atoms with Gasteiger partial charge in [-0.2, -0.15) is 0 Å². The van der Waals surface area contributed by atoms with Gasteiger partial charge in [0.1, 0.15) is 16.7 Å². The number of nitrogens with two attached hydrogens (primary N) is 1. The molecule has 0 radical (unpaired) electrons. The van der Waals surface area contributed by atoms with E-state index in [4.69, 9.17) is 17.3 Å². The van der Waals surface area contributed by atoms with Crippen LogP contribution in [0.15, 0.2) is 24.8 Å². The Morgan fingerprint density at radius 2 is 2.14 bits per heavy atom. The molecule has 0 saturated carbocycles. The van der Waals surface area contributed by atoms with Crippen molar-refractivity contribution in [1.82, 2.24) is 0 Å². The molecule has 1 atom stereocenters. The van der Waals surface area contributed by atoms with Crippen molar-refractivity contribution in [3.8, 4) is 0 Å². The molecule has 4 heteroatoms. The molecule has 1 aromatic carbocycles. The van der Waals surface area contributed by atoms with Crippen molar-refractivity contribution in [2.45, 2.75) is 12.5 Å². The number of rotatable bonds is 3. The van der Waals surface area contributed by atoms with E-state index in [1.807, 2.05) is 0 Å². The van der Waals surface area contributed by atoms with Gasteiger partial charge >= 0.3 is 0 Å². The lowest BCUT2D eigenvalue weighted by atomic mass is 10.0. The molecule has 0 fully saturated rings. The smallest absolute Gasteiger partial charge is 0.149 e. The second-order valence-electron chi connectivity index (χ2n) is 2.90. The van der Waals surface area contributed by atoms with Crippen molar-refractivity contribution in [3.63, 3.8) is 0 Å². The molecule has 0 aromatic heterocycles. The van der Waals surface area contributed by atoms with Gasteiger partial charge in [-0.15, -0.1) is 6.58 Å². The van der Waals surface area contributed by atoms with Gasteiger partial charge in [0, 0.05) is 11.6 Å². The highest BCUT2D eigenvalue weighted by atomic mass is 35.5. The Morgan fingerprint density at radius 3 is 2.71 bits per heavy atom. The molecule has 0 saturated heterocycles. The summed E-state index contributed by atoms with van der Waals surface area (Å²) in [5, 5.41) is -0.512. The maximum Gasteiger partial charge on any atom is 0.149 e. The fraction of sp³-hybridized carbons (Fsp3) is 0.200. The van der Waals surface area contributed by atoms with Crippen LogP contribution in [0.2, 0.25) is 5.02 Å². The van der Waals surface area contributed by atoms with Crippen LogP contribution in [0.3, 0.4) is 0 Å². The number of benzene rings is 1. The minimum absolute atomic E-state index is 0.205. The van der Waals surface area contributed by atoms with Crippen LogP contribution in [-0.4, -0.2) is 0 Å². The molecular weight excluding hydrogens is 208 g/mol. The molecule has 1 rings (SSSR count). The molecule has 1 unspecified atom stereocenters. The molecule has 0 aliphatic carbocycles. The SMILES string of the molecule is C=CCC(N)c1ccc(F)c(Cl)c1F. The van der Waals surface area contributed by atoms with Crippen LogP contribution in [0.4, 0.5) is 8.78 Å². The van der Waals surface area contributed by atoms with E-state index in [0.29, 0.717) is 6.42 Å². The van der Waals surface area contributed by atoms with Gasteiger partial charge in [-0.05, 0) is 12.5 Å². The van der Waals surface area contributed by atoms with Gasteiger partial charge in [0.05, 0.1) is 0 Å². The van der Waals surface area contributed by atoms with Gasteiger partial charge in [0.2, 0.25) is 0 Å². The first-order valence-electron chi connectivity index (χ1n) is 4.07. The van der Waals surface area contributed by atoms with Crippen LogP contribution in [0.1, 0.15) is 18.0 Å². The highest BCUT2D eigenvalue weighted by molar-refractivity contribution is 6.30. The van der Waals surface area contributed by atoms with Crippen molar-refractivity contribution in [2.75, 3.05) is 0 Å². The predicted octanol–water partition coefficient (Wildman–Crippen LogP) is 3.19. The van der Waals surface area contributed by atoms with Gasteiger partial charge in [-0.3, -0.25) is 0 Å². The molecule has 0 amide bonds. The van der Waals surface area contributed by atoms with E-state index in [1.165, 1.54) is 6.07 Å². The van der Waals surface area contributed by atoms with Crippen LogP contribution in [0, 0.1) is 11.6 Å². The van der Waals surface area contributed by atoms with Crippen molar-refractivity contribution in [2.24, 2.45) is 5.73 Å². The Morgan fingerprint density at radius 1 is 1.50 bits per heavy atom. The highest BCUT2D eigenvalue weighted by Gasteiger charge is 2.15. The Balaban J connectivity index is 3.10. The quantitative estimate of drug-likeness (QED) is 0.611. The molecule has 14 heavy (non-hydrogen) atoms. The van der Waals surface area contributed by atoms with Crippen molar-refractivity contribution in [1.29, 1.82) is 0 Å². The minimum Gasteiger partial charge on any atom is -0.324 e. The van der Waals surface area contributed by atoms with E-state index in [2.05, 4.69) is 6.58 Å². The lowest BCUT2D eigenvalue weighted by Crippen LogP contribution is -2.11. The van der Waals surface area contributed by atoms with E-state index >= 15 is 0 Å². The van der Waals surface area contributed by atoms with Gasteiger partial charge in [-0.25, -0.2) is 8.78 Å². The Bertz CT molecular complexity index is 352. The Hall–Kier alpha value is -0.930. The molecule has 76 valence electrons. The van der Waals surface area contributed by atoms with E-state index in [0.717, 1.165) is 6.07 Å². The standard InChI is InChI=1S/C10H10ClF2N/c1-2-3-8(14)6-4-5-7(12)9(11)10(6)13/h2,4-5,8H,1,3,14H2. The van der Waals surface area contributed by atoms with Crippen LogP contribution in [0.25, 0.3) is 0 Å². The highest BCUT2D eigenvalue weighted by Crippen LogP contribution is 2.26. The molecule has 0 bridgehead atoms. The molecule has 1 aromatic rings. The maximum atomic E-state index is 13.4. The fourth-order valence-corrected chi connectivity index (χ4v) is 1.31. The van der Waals surface area contributed by atoms with Crippen LogP contribution >= 0.6 is 11.6 Å². The lowest BCUT2D eigenvalue weighted by molar-refractivity contribution is 0.557. The predicted molar refractivity (Wildman–Crippen MR) is 53.1 cm³/mol. The lowest BCUT2D eigenvalue weighted by Gasteiger charge is -2.11. The van der Waals surface area contributed by atoms with Crippen molar-refractivity contribution < 1.29 is 8.78 Å². The second kappa shape index (κ2) is 4.53. The van der Waals surface area contributed by atoms with Gasteiger partial charge in [-0.1, -0.05) is 23.7 Å². The van der Waals surface area contributed by atoms with Crippen LogP contribution < -0.4 is 5.73 Å². The summed E-state index contributed by atoms with van der Waals surface area (Å²) in [4.78, 5) is 0. The first-order chi connectivity index (χ1) is 6.57. The summed E-state index contributed by atoms with van der Waals surface area (Å²) in [6.45, 7) is 3.49. The normalized spacial score (nSPS) is 12.6. The summed E-state index contributed by atoms with van der Waals surface area (Å²) in [6.07, 6.45) is 1.99. The number of hydrogen-bond acceptors (Lipinski definition) is 1. The number of hydrogen-bond donors (Lipinski definition) is 1. The molecule has 0 aliphatic rings. The van der Waals surface area contributed by atoms with E-state index in [-0.39, 0.29) is 5.56 Å². The van der Waals surface area contributed by atoms with Gasteiger partial charge < -0.3 is 5.73 Å². The Labute approximate surface area is 86.2 Å². The zero-order valence-electron chi connectivity index (χ0n) is 7.43. The first kappa shape index (κ1) is 11.1. The summed E-state index contributed by atoms with van der Waals surface area (Å²) >= 11 is 5.40. The molecule has 2 N–H and O–H groups in total. The van der Waals surface area contributed by atoms with Crippen LogP contribution in [0.5, 0.6) is 0 Å².